The predicted molar refractivity (Wildman–Crippen MR) is 105 cm³/mol. The third kappa shape index (κ3) is 3.19. The molecule has 2 aromatic rings. The van der Waals surface area contributed by atoms with E-state index in [0.29, 0.717) is 11.2 Å². The molecule has 1 fully saturated rings. The lowest BCUT2D eigenvalue weighted by Gasteiger charge is -2.37. The second-order valence-electron chi connectivity index (χ2n) is 6.36. The Kier molecular flexibility index (Phi) is 4.31. The molecule has 1 saturated carbocycles. The molecule has 0 radical (unpaired) electrons. The Hall–Kier alpha value is -2.18. The molecule has 1 aliphatic heterocycles. The molecule has 1 amide bonds. The number of hydrogen-bond acceptors (Lipinski definition) is 3. The first-order valence-electron chi connectivity index (χ1n) is 8.34. The molecule has 4 nitrogen and oxygen atoms in total. The number of nitrogens with one attached hydrogen (secondary N) is 2. The van der Waals surface area contributed by atoms with Crippen LogP contribution in [-0.2, 0) is 4.79 Å². The van der Waals surface area contributed by atoms with Crippen LogP contribution in [0.15, 0.2) is 58.4 Å². The zero-order valence-corrected chi connectivity index (χ0v) is 15.5. The van der Waals surface area contributed by atoms with Gasteiger partial charge in [0.1, 0.15) is 0 Å². The molecule has 0 unspecified atom stereocenters. The first kappa shape index (κ1) is 16.3. The van der Waals surface area contributed by atoms with Crippen LogP contribution in [-0.4, -0.2) is 22.0 Å². The molecule has 0 bridgehead atoms. The average Bonchev–Trinajstić information content (AvgIpc) is 3.27. The van der Waals surface area contributed by atoms with Gasteiger partial charge < -0.3 is 15.5 Å². The number of benzene rings is 1. The molecular weight excluding hydrogens is 350 g/mol. The normalized spacial score (nSPS) is 20.4. The lowest BCUT2D eigenvalue weighted by Crippen LogP contribution is -2.49. The number of carbonyl (C=O) groups excluding carboxylic acids is 1. The third-order valence-electron chi connectivity index (χ3n) is 4.59. The highest BCUT2D eigenvalue weighted by Crippen LogP contribution is 2.38. The van der Waals surface area contributed by atoms with Gasteiger partial charge >= 0.3 is 0 Å². The monoisotopic (exact) mass is 369 g/mol. The maximum Gasteiger partial charge on any atom is 0.255 e. The topological polar surface area (TPSA) is 44.4 Å². The van der Waals surface area contributed by atoms with Gasteiger partial charge in [0.15, 0.2) is 5.11 Å². The van der Waals surface area contributed by atoms with Gasteiger partial charge in [-0.25, -0.2) is 0 Å². The van der Waals surface area contributed by atoms with Crippen LogP contribution < -0.4 is 10.6 Å². The standard InChI is InChI=1S/C19H19N3OS2/c1-12-16(18(23)20-14-5-3-2-4-6-14)17(13-9-10-25-11-13)21-19(24)22(12)15-7-8-15/h2-6,9-11,15,17H,7-8H2,1H3,(H,20,23)(H,21,24)/t17-/m0/s1. The molecular formula is C19H19N3OS2. The fourth-order valence-electron chi connectivity index (χ4n) is 3.23. The Labute approximate surface area is 156 Å². The van der Waals surface area contributed by atoms with Gasteiger partial charge in [0, 0.05) is 17.4 Å². The number of allylic oxidation sites excluding steroid dienone is 1. The van der Waals surface area contributed by atoms with Gasteiger partial charge in [0.2, 0.25) is 0 Å². The number of thiocarbonyl (C=S) groups is 1. The van der Waals surface area contributed by atoms with Gasteiger partial charge in [-0.15, -0.1) is 0 Å². The first-order valence-corrected chi connectivity index (χ1v) is 9.69. The Bertz CT molecular complexity index is 826. The second-order valence-corrected chi connectivity index (χ2v) is 7.53. The van der Waals surface area contributed by atoms with Gasteiger partial charge in [-0.3, -0.25) is 4.79 Å². The van der Waals surface area contributed by atoms with Crippen LogP contribution in [0.2, 0.25) is 0 Å². The molecule has 6 heteroatoms. The summed E-state index contributed by atoms with van der Waals surface area (Å²) >= 11 is 7.21. The van der Waals surface area contributed by atoms with Crippen molar-refractivity contribution in [2.24, 2.45) is 0 Å². The Morgan fingerprint density at radius 1 is 1.28 bits per heavy atom. The summed E-state index contributed by atoms with van der Waals surface area (Å²) in [6.07, 6.45) is 2.24. The van der Waals surface area contributed by atoms with E-state index < -0.39 is 0 Å². The van der Waals surface area contributed by atoms with Crippen molar-refractivity contribution in [2.45, 2.75) is 31.8 Å². The van der Waals surface area contributed by atoms with Gasteiger partial charge in [0.05, 0.1) is 11.6 Å². The summed E-state index contributed by atoms with van der Waals surface area (Å²) in [6.45, 7) is 2.00. The van der Waals surface area contributed by atoms with Crippen molar-refractivity contribution in [1.82, 2.24) is 10.2 Å². The van der Waals surface area contributed by atoms with E-state index in [0.717, 1.165) is 35.4 Å². The van der Waals surface area contributed by atoms with Crippen LogP contribution in [0.4, 0.5) is 5.69 Å². The van der Waals surface area contributed by atoms with Crippen LogP contribution >= 0.6 is 23.6 Å². The van der Waals surface area contributed by atoms with Crippen LogP contribution in [0.5, 0.6) is 0 Å². The van der Waals surface area contributed by atoms with Crippen molar-refractivity contribution in [3.63, 3.8) is 0 Å². The van der Waals surface area contributed by atoms with Crippen LogP contribution in [0.3, 0.4) is 0 Å². The number of anilines is 1. The van der Waals surface area contributed by atoms with E-state index >= 15 is 0 Å². The minimum absolute atomic E-state index is 0.0828. The Morgan fingerprint density at radius 2 is 2.04 bits per heavy atom. The number of rotatable bonds is 4. The van der Waals surface area contributed by atoms with Gasteiger partial charge in [0.25, 0.3) is 5.91 Å². The van der Waals surface area contributed by atoms with E-state index in [1.165, 1.54) is 0 Å². The summed E-state index contributed by atoms with van der Waals surface area (Å²) in [4.78, 5) is 15.2. The largest absolute Gasteiger partial charge is 0.351 e. The molecule has 4 rings (SSSR count). The van der Waals surface area contributed by atoms with Crippen molar-refractivity contribution in [1.29, 1.82) is 0 Å². The molecule has 2 aliphatic rings. The highest BCUT2D eigenvalue weighted by atomic mass is 32.1. The minimum atomic E-state index is -0.211. The van der Waals surface area contributed by atoms with Crippen LogP contribution in [0.25, 0.3) is 0 Å². The SMILES string of the molecule is CC1=C(C(=O)Nc2ccccc2)[C@H](c2ccsc2)NC(=S)N1C1CC1. The summed E-state index contributed by atoms with van der Waals surface area (Å²) in [6, 6.07) is 11.8. The maximum atomic E-state index is 13.1. The number of para-hydroxylation sites is 1. The summed E-state index contributed by atoms with van der Waals surface area (Å²) in [5, 5.41) is 11.2. The fourth-order valence-corrected chi connectivity index (χ4v) is 4.32. The Morgan fingerprint density at radius 3 is 2.68 bits per heavy atom. The van der Waals surface area contributed by atoms with E-state index in [-0.39, 0.29) is 11.9 Å². The number of carbonyl (C=O) groups is 1. The van der Waals surface area contributed by atoms with E-state index in [4.69, 9.17) is 12.2 Å². The molecule has 25 heavy (non-hydrogen) atoms. The summed E-state index contributed by atoms with van der Waals surface area (Å²) < 4.78 is 0. The molecule has 1 aromatic carbocycles. The van der Waals surface area contributed by atoms with Gasteiger partial charge in [-0.05, 0) is 66.5 Å². The number of hydrogen-bond donors (Lipinski definition) is 2. The van der Waals surface area contributed by atoms with Gasteiger partial charge in [-0.1, -0.05) is 18.2 Å². The summed E-state index contributed by atoms with van der Waals surface area (Å²) in [5.41, 5.74) is 3.56. The van der Waals surface area contributed by atoms with Crippen molar-refractivity contribution in [2.75, 3.05) is 5.32 Å². The Balaban J connectivity index is 1.72. The van der Waals surface area contributed by atoms with Crippen molar-refractivity contribution in [3.8, 4) is 0 Å². The highest BCUT2D eigenvalue weighted by Gasteiger charge is 2.40. The van der Waals surface area contributed by atoms with Crippen LogP contribution in [0, 0.1) is 0 Å². The second kappa shape index (κ2) is 6.61. The molecule has 1 atom stereocenters. The number of thiophene rings is 1. The molecule has 2 heterocycles. The molecule has 0 saturated heterocycles. The van der Waals surface area contributed by atoms with Gasteiger partial charge in [-0.2, -0.15) is 11.3 Å². The summed E-state index contributed by atoms with van der Waals surface area (Å²) in [5.74, 6) is -0.0828. The number of nitrogens with zero attached hydrogens (tertiary/aromatic N) is 1. The third-order valence-corrected chi connectivity index (χ3v) is 5.61. The lowest BCUT2D eigenvalue weighted by molar-refractivity contribution is -0.113. The van der Waals surface area contributed by atoms with Crippen LogP contribution in [0.1, 0.15) is 31.4 Å². The lowest BCUT2D eigenvalue weighted by atomic mass is 9.96. The molecule has 1 aliphatic carbocycles. The first-order chi connectivity index (χ1) is 12.1. The smallest absolute Gasteiger partial charge is 0.255 e. The molecule has 2 N–H and O–H groups in total. The van der Waals surface area contributed by atoms with Crippen molar-refractivity contribution in [3.05, 3.63) is 64.0 Å². The molecule has 1 aromatic heterocycles. The van der Waals surface area contributed by atoms with Crippen molar-refractivity contribution >= 4 is 40.3 Å². The zero-order valence-electron chi connectivity index (χ0n) is 13.9. The quantitative estimate of drug-likeness (QED) is 0.798. The zero-order chi connectivity index (χ0) is 17.4. The van der Waals surface area contributed by atoms with E-state index in [1.807, 2.05) is 48.7 Å². The van der Waals surface area contributed by atoms with E-state index in [9.17, 15) is 4.79 Å². The number of amides is 1. The highest BCUT2D eigenvalue weighted by molar-refractivity contribution is 7.80. The molecule has 0 spiro atoms. The molecule has 128 valence electrons. The average molecular weight is 370 g/mol. The van der Waals surface area contributed by atoms with E-state index in [1.54, 1.807) is 11.3 Å². The summed E-state index contributed by atoms with van der Waals surface area (Å²) in [7, 11) is 0. The van der Waals surface area contributed by atoms with E-state index in [2.05, 4.69) is 20.9 Å². The van der Waals surface area contributed by atoms with Crippen molar-refractivity contribution < 1.29 is 4.79 Å². The maximum absolute atomic E-state index is 13.1. The minimum Gasteiger partial charge on any atom is -0.351 e. The fraction of sp³-hybridized carbons (Fsp3) is 0.263. The predicted octanol–water partition coefficient (Wildman–Crippen LogP) is 4.05.